The maximum Gasteiger partial charge on any atom is 0.261 e. The fourth-order valence-corrected chi connectivity index (χ4v) is 4.22. The number of hydrogen-bond acceptors (Lipinski definition) is 4. The van der Waals surface area contributed by atoms with E-state index in [4.69, 9.17) is 27.9 Å². The summed E-state index contributed by atoms with van der Waals surface area (Å²) >= 11 is 11.9. The van der Waals surface area contributed by atoms with Crippen molar-refractivity contribution in [2.24, 2.45) is 0 Å². The SMILES string of the molecule is COc1ccc(CC(=O)Nc2ccc(S(=O)(=O)Nc3ccc(Cl)cc3Cl)cc2)cc1. The molecule has 30 heavy (non-hydrogen) atoms. The van der Waals surface area contributed by atoms with Gasteiger partial charge in [-0.25, -0.2) is 8.42 Å². The zero-order valence-electron chi connectivity index (χ0n) is 15.9. The molecule has 0 heterocycles. The van der Waals surface area contributed by atoms with Gasteiger partial charge in [-0.1, -0.05) is 35.3 Å². The monoisotopic (exact) mass is 464 g/mol. The van der Waals surface area contributed by atoms with Gasteiger partial charge in [-0.2, -0.15) is 0 Å². The highest BCUT2D eigenvalue weighted by atomic mass is 35.5. The van der Waals surface area contributed by atoms with Crippen LogP contribution in [0.5, 0.6) is 5.75 Å². The van der Waals surface area contributed by atoms with Crippen LogP contribution < -0.4 is 14.8 Å². The third-order valence-corrected chi connectivity index (χ3v) is 6.08. The van der Waals surface area contributed by atoms with Gasteiger partial charge < -0.3 is 10.1 Å². The third kappa shape index (κ3) is 5.66. The largest absolute Gasteiger partial charge is 0.497 e. The molecule has 0 fully saturated rings. The van der Waals surface area contributed by atoms with Gasteiger partial charge in [0.05, 0.1) is 29.1 Å². The Bertz CT molecular complexity index is 1150. The van der Waals surface area contributed by atoms with E-state index in [0.717, 1.165) is 5.56 Å². The van der Waals surface area contributed by atoms with E-state index in [2.05, 4.69) is 10.0 Å². The fraction of sp³-hybridized carbons (Fsp3) is 0.0952. The molecule has 0 aliphatic carbocycles. The number of carbonyl (C=O) groups is 1. The van der Waals surface area contributed by atoms with Gasteiger partial charge in [0.15, 0.2) is 0 Å². The first-order valence-corrected chi connectivity index (χ1v) is 11.0. The molecule has 9 heteroatoms. The minimum Gasteiger partial charge on any atom is -0.497 e. The van der Waals surface area contributed by atoms with Crippen LogP contribution in [0, 0.1) is 0 Å². The number of carbonyl (C=O) groups excluding carboxylic acids is 1. The van der Waals surface area contributed by atoms with Crippen molar-refractivity contribution in [3.8, 4) is 5.75 Å². The normalized spacial score (nSPS) is 11.0. The topological polar surface area (TPSA) is 84.5 Å². The van der Waals surface area contributed by atoms with Gasteiger partial charge in [-0.05, 0) is 60.2 Å². The molecule has 0 spiro atoms. The molecule has 0 atom stereocenters. The summed E-state index contributed by atoms with van der Waals surface area (Å²) in [6, 6.07) is 17.5. The van der Waals surface area contributed by atoms with Crippen molar-refractivity contribution in [3.05, 3.63) is 82.3 Å². The molecule has 0 bridgehead atoms. The van der Waals surface area contributed by atoms with E-state index >= 15 is 0 Å². The average molecular weight is 465 g/mol. The van der Waals surface area contributed by atoms with Crippen LogP contribution in [0.3, 0.4) is 0 Å². The molecule has 3 rings (SSSR count). The molecule has 0 saturated heterocycles. The van der Waals surface area contributed by atoms with Crippen molar-refractivity contribution in [2.75, 3.05) is 17.1 Å². The zero-order valence-corrected chi connectivity index (χ0v) is 18.2. The molecule has 0 unspecified atom stereocenters. The minimum absolute atomic E-state index is 0.0293. The quantitative estimate of drug-likeness (QED) is 0.515. The Kier molecular flexibility index (Phi) is 6.87. The molecule has 0 aliphatic rings. The van der Waals surface area contributed by atoms with Gasteiger partial charge in [0.1, 0.15) is 5.75 Å². The van der Waals surface area contributed by atoms with E-state index in [0.29, 0.717) is 16.5 Å². The first-order chi connectivity index (χ1) is 14.3. The van der Waals surface area contributed by atoms with E-state index in [9.17, 15) is 13.2 Å². The van der Waals surface area contributed by atoms with Crippen LogP contribution in [-0.2, 0) is 21.2 Å². The Morgan fingerprint density at radius 3 is 2.23 bits per heavy atom. The van der Waals surface area contributed by atoms with Crippen LogP contribution in [0.2, 0.25) is 10.0 Å². The first kappa shape index (κ1) is 22.0. The maximum atomic E-state index is 12.6. The summed E-state index contributed by atoms with van der Waals surface area (Å²) in [5, 5.41) is 3.33. The lowest BCUT2D eigenvalue weighted by Crippen LogP contribution is -2.15. The molecule has 3 aromatic rings. The summed E-state index contributed by atoms with van der Waals surface area (Å²) in [4.78, 5) is 12.3. The average Bonchev–Trinajstić information content (AvgIpc) is 2.71. The second kappa shape index (κ2) is 9.38. The lowest BCUT2D eigenvalue weighted by atomic mass is 10.1. The predicted octanol–water partition coefficient (Wildman–Crippen LogP) is 4.98. The highest BCUT2D eigenvalue weighted by molar-refractivity contribution is 7.92. The maximum absolute atomic E-state index is 12.6. The number of hydrogen-bond donors (Lipinski definition) is 2. The van der Waals surface area contributed by atoms with Crippen molar-refractivity contribution >= 4 is 50.5 Å². The van der Waals surface area contributed by atoms with Crippen LogP contribution in [0.1, 0.15) is 5.56 Å². The van der Waals surface area contributed by atoms with E-state index in [1.807, 2.05) is 12.1 Å². The number of sulfonamides is 1. The van der Waals surface area contributed by atoms with Crippen LogP contribution in [0.25, 0.3) is 0 Å². The van der Waals surface area contributed by atoms with E-state index in [1.54, 1.807) is 19.2 Å². The van der Waals surface area contributed by atoms with Crippen LogP contribution in [-0.4, -0.2) is 21.4 Å². The Hall–Kier alpha value is -2.74. The van der Waals surface area contributed by atoms with E-state index in [-0.39, 0.29) is 27.9 Å². The molecule has 6 nitrogen and oxygen atoms in total. The fourth-order valence-electron chi connectivity index (χ4n) is 2.63. The van der Waals surface area contributed by atoms with Crippen molar-refractivity contribution < 1.29 is 17.9 Å². The van der Waals surface area contributed by atoms with Gasteiger partial charge in [0.2, 0.25) is 5.91 Å². The Balaban J connectivity index is 1.65. The van der Waals surface area contributed by atoms with Gasteiger partial charge in [-0.15, -0.1) is 0 Å². The molecule has 0 saturated carbocycles. The van der Waals surface area contributed by atoms with Crippen LogP contribution >= 0.6 is 23.2 Å². The van der Waals surface area contributed by atoms with Crippen molar-refractivity contribution in [3.63, 3.8) is 0 Å². The number of benzene rings is 3. The van der Waals surface area contributed by atoms with Crippen molar-refractivity contribution in [1.82, 2.24) is 0 Å². The number of anilines is 2. The molecule has 0 aromatic heterocycles. The Labute approximate surface area is 184 Å². The molecule has 156 valence electrons. The van der Waals surface area contributed by atoms with Gasteiger partial charge in [0.25, 0.3) is 10.0 Å². The summed E-state index contributed by atoms with van der Waals surface area (Å²) in [5.74, 6) is 0.492. The van der Waals surface area contributed by atoms with Crippen LogP contribution in [0.15, 0.2) is 71.6 Å². The third-order valence-electron chi connectivity index (χ3n) is 4.15. The summed E-state index contributed by atoms with van der Waals surface area (Å²) < 4.78 is 32.6. The van der Waals surface area contributed by atoms with Crippen molar-refractivity contribution in [2.45, 2.75) is 11.3 Å². The molecular weight excluding hydrogens is 447 g/mol. The lowest BCUT2D eigenvalue weighted by Gasteiger charge is -2.11. The van der Waals surface area contributed by atoms with Crippen LogP contribution in [0.4, 0.5) is 11.4 Å². The Morgan fingerprint density at radius 1 is 0.967 bits per heavy atom. The number of amides is 1. The molecule has 1 amide bonds. The molecule has 0 aliphatic heterocycles. The highest BCUT2D eigenvalue weighted by Crippen LogP contribution is 2.28. The number of rotatable bonds is 7. The first-order valence-electron chi connectivity index (χ1n) is 8.77. The molecule has 2 N–H and O–H groups in total. The van der Waals surface area contributed by atoms with E-state index in [1.165, 1.54) is 42.5 Å². The van der Waals surface area contributed by atoms with Crippen molar-refractivity contribution in [1.29, 1.82) is 0 Å². The number of nitrogens with one attached hydrogen (secondary N) is 2. The lowest BCUT2D eigenvalue weighted by molar-refractivity contribution is -0.115. The summed E-state index contributed by atoms with van der Waals surface area (Å²) in [6.45, 7) is 0. The van der Waals surface area contributed by atoms with Gasteiger partial charge >= 0.3 is 0 Å². The van der Waals surface area contributed by atoms with Gasteiger partial charge in [-0.3, -0.25) is 9.52 Å². The highest BCUT2D eigenvalue weighted by Gasteiger charge is 2.16. The second-order valence-electron chi connectivity index (χ2n) is 6.33. The smallest absolute Gasteiger partial charge is 0.261 e. The minimum atomic E-state index is -3.85. The summed E-state index contributed by atoms with van der Waals surface area (Å²) in [7, 11) is -2.28. The molecule has 0 radical (unpaired) electrons. The zero-order chi connectivity index (χ0) is 21.7. The summed E-state index contributed by atoms with van der Waals surface area (Å²) in [6.07, 6.45) is 0.181. The molecular formula is C21H18Cl2N2O4S. The summed E-state index contributed by atoms with van der Waals surface area (Å²) in [5.41, 5.74) is 1.53. The van der Waals surface area contributed by atoms with Gasteiger partial charge in [0, 0.05) is 10.7 Å². The number of halogens is 2. The second-order valence-corrected chi connectivity index (χ2v) is 8.85. The Morgan fingerprint density at radius 2 is 1.63 bits per heavy atom. The number of methoxy groups -OCH3 is 1. The predicted molar refractivity (Wildman–Crippen MR) is 119 cm³/mol. The van der Waals surface area contributed by atoms with E-state index < -0.39 is 10.0 Å². The number of ether oxygens (including phenoxy) is 1. The standard InChI is InChI=1S/C21H18Cl2N2O4S/c1-29-17-7-2-14(3-8-17)12-21(26)24-16-5-9-18(10-6-16)30(27,28)25-20-11-4-15(22)13-19(20)23/h2-11,13,25H,12H2,1H3,(H,24,26). The molecule has 3 aromatic carbocycles.